The Hall–Kier alpha value is -2.52. The molecule has 110 valence electrons. The maximum atomic E-state index is 11.6. The van der Waals surface area contributed by atoms with Gasteiger partial charge >= 0.3 is 5.97 Å². The average molecular weight is 312 g/mol. The Balaban J connectivity index is 2.11. The van der Waals surface area contributed by atoms with Crippen molar-refractivity contribution < 1.29 is 9.53 Å². The molecular formula is C18H14ClNO2. The molecule has 3 rings (SSSR count). The maximum Gasteiger partial charge on any atom is 0.354 e. The number of hydrogen-bond donors (Lipinski definition) is 1. The molecule has 0 fully saturated rings. The molecule has 2 aromatic carbocycles. The van der Waals surface area contributed by atoms with Gasteiger partial charge in [-0.2, -0.15) is 0 Å². The number of aromatic amines is 1. The molecule has 0 radical (unpaired) electrons. The van der Waals surface area contributed by atoms with Crippen molar-refractivity contribution in [3.63, 3.8) is 0 Å². The van der Waals surface area contributed by atoms with Crippen LogP contribution < -0.4 is 0 Å². The second kappa shape index (κ2) is 6.08. The molecule has 4 heteroatoms. The molecular weight excluding hydrogens is 298 g/mol. The van der Waals surface area contributed by atoms with Gasteiger partial charge in [0.15, 0.2) is 0 Å². The van der Waals surface area contributed by atoms with Crippen LogP contribution in [-0.2, 0) is 4.74 Å². The molecule has 3 aromatic rings. The molecule has 3 nitrogen and oxygen atoms in total. The van der Waals surface area contributed by atoms with Crippen LogP contribution in [0.25, 0.3) is 22.3 Å². The molecule has 0 bridgehead atoms. The molecule has 0 saturated carbocycles. The molecule has 1 heterocycles. The highest BCUT2D eigenvalue weighted by Crippen LogP contribution is 2.35. The zero-order valence-corrected chi connectivity index (χ0v) is 12.7. The van der Waals surface area contributed by atoms with Crippen LogP contribution in [0.5, 0.6) is 0 Å². The number of carbonyl (C=O) groups excluding carboxylic acids is 1. The van der Waals surface area contributed by atoms with E-state index >= 15 is 0 Å². The van der Waals surface area contributed by atoms with Gasteiger partial charge in [0.05, 0.1) is 7.11 Å². The van der Waals surface area contributed by atoms with Crippen molar-refractivity contribution in [2.24, 2.45) is 0 Å². The van der Waals surface area contributed by atoms with E-state index < -0.39 is 0 Å². The van der Waals surface area contributed by atoms with E-state index in [2.05, 4.69) is 4.98 Å². The van der Waals surface area contributed by atoms with E-state index in [0.717, 1.165) is 22.3 Å². The Labute approximate surface area is 133 Å². The van der Waals surface area contributed by atoms with Gasteiger partial charge in [0.1, 0.15) is 5.69 Å². The lowest BCUT2D eigenvalue weighted by atomic mass is 9.96. The van der Waals surface area contributed by atoms with Gasteiger partial charge in [-0.05, 0) is 23.3 Å². The van der Waals surface area contributed by atoms with Crippen molar-refractivity contribution in [2.75, 3.05) is 7.11 Å². The molecule has 0 unspecified atom stereocenters. The monoisotopic (exact) mass is 311 g/mol. The molecule has 0 atom stereocenters. The van der Waals surface area contributed by atoms with E-state index in [1.54, 1.807) is 12.3 Å². The number of methoxy groups -OCH3 is 1. The Morgan fingerprint density at radius 2 is 1.64 bits per heavy atom. The molecule has 22 heavy (non-hydrogen) atoms. The summed E-state index contributed by atoms with van der Waals surface area (Å²) >= 11 is 6.31. The van der Waals surface area contributed by atoms with Gasteiger partial charge in [-0.25, -0.2) is 4.79 Å². The third-order valence-electron chi connectivity index (χ3n) is 3.49. The number of rotatable bonds is 3. The molecule has 0 aliphatic rings. The van der Waals surface area contributed by atoms with E-state index in [1.807, 2.05) is 48.5 Å². The largest absolute Gasteiger partial charge is 0.464 e. The molecule has 0 spiro atoms. The second-order valence-corrected chi connectivity index (χ2v) is 5.23. The summed E-state index contributed by atoms with van der Waals surface area (Å²) in [6.45, 7) is 0. The fourth-order valence-electron chi connectivity index (χ4n) is 2.43. The highest BCUT2D eigenvalue weighted by Gasteiger charge is 2.13. The lowest BCUT2D eigenvalue weighted by molar-refractivity contribution is 0.0595. The van der Waals surface area contributed by atoms with Crippen LogP contribution in [0.3, 0.4) is 0 Å². The van der Waals surface area contributed by atoms with Crippen LogP contribution in [0.2, 0.25) is 5.02 Å². The Kier molecular flexibility index (Phi) is 3.98. The maximum absolute atomic E-state index is 11.6. The van der Waals surface area contributed by atoms with Crippen LogP contribution in [0.1, 0.15) is 10.5 Å². The smallest absolute Gasteiger partial charge is 0.354 e. The van der Waals surface area contributed by atoms with Crippen molar-refractivity contribution in [1.82, 2.24) is 4.98 Å². The Bertz CT molecular complexity index is 823. The molecule has 1 aromatic heterocycles. The quantitative estimate of drug-likeness (QED) is 0.707. The molecule has 0 aliphatic heterocycles. The number of benzene rings is 2. The summed E-state index contributed by atoms with van der Waals surface area (Å²) in [7, 11) is 1.36. The summed E-state index contributed by atoms with van der Waals surface area (Å²) in [6.07, 6.45) is 1.79. The summed E-state index contributed by atoms with van der Waals surface area (Å²) < 4.78 is 4.73. The van der Waals surface area contributed by atoms with Crippen molar-refractivity contribution in [1.29, 1.82) is 0 Å². The molecule has 0 aliphatic carbocycles. The topological polar surface area (TPSA) is 42.1 Å². The number of esters is 1. The van der Waals surface area contributed by atoms with E-state index in [4.69, 9.17) is 16.3 Å². The normalized spacial score (nSPS) is 10.5. The first-order valence-electron chi connectivity index (χ1n) is 6.81. The summed E-state index contributed by atoms with van der Waals surface area (Å²) in [5.74, 6) is -0.388. The van der Waals surface area contributed by atoms with Crippen molar-refractivity contribution in [3.8, 4) is 22.3 Å². The minimum absolute atomic E-state index is 0.388. The first kappa shape index (κ1) is 14.4. The zero-order valence-electron chi connectivity index (χ0n) is 12.0. The predicted molar refractivity (Wildman–Crippen MR) is 88.0 cm³/mol. The number of aromatic nitrogens is 1. The lowest BCUT2D eigenvalue weighted by Crippen LogP contribution is -2.00. The number of halogens is 1. The standard InChI is InChI=1S/C18H14ClNO2/c1-22-18(21)17-10-12(11-20-17)13-6-2-3-7-14(13)15-8-4-5-9-16(15)19/h2-11,20H,1H3. The highest BCUT2D eigenvalue weighted by atomic mass is 35.5. The van der Waals surface area contributed by atoms with E-state index in [9.17, 15) is 4.79 Å². The Morgan fingerprint density at radius 1 is 1.00 bits per heavy atom. The van der Waals surface area contributed by atoms with Gasteiger partial charge in [0, 0.05) is 22.3 Å². The first-order valence-corrected chi connectivity index (χ1v) is 7.19. The van der Waals surface area contributed by atoms with E-state index in [-0.39, 0.29) is 5.97 Å². The van der Waals surface area contributed by atoms with Crippen molar-refractivity contribution in [3.05, 3.63) is 71.5 Å². The first-order chi connectivity index (χ1) is 10.7. The van der Waals surface area contributed by atoms with Crippen LogP contribution >= 0.6 is 11.6 Å². The number of carbonyl (C=O) groups is 1. The van der Waals surface area contributed by atoms with Crippen LogP contribution in [0.15, 0.2) is 60.8 Å². The van der Waals surface area contributed by atoms with Crippen LogP contribution in [-0.4, -0.2) is 18.1 Å². The van der Waals surface area contributed by atoms with Crippen LogP contribution in [0.4, 0.5) is 0 Å². The third kappa shape index (κ3) is 2.63. The van der Waals surface area contributed by atoms with Crippen molar-refractivity contribution >= 4 is 17.6 Å². The van der Waals surface area contributed by atoms with Gasteiger partial charge in [0.25, 0.3) is 0 Å². The molecule has 0 saturated heterocycles. The number of hydrogen-bond acceptors (Lipinski definition) is 2. The summed E-state index contributed by atoms with van der Waals surface area (Å²) in [6, 6.07) is 17.4. The highest BCUT2D eigenvalue weighted by molar-refractivity contribution is 6.33. The minimum Gasteiger partial charge on any atom is -0.464 e. The van der Waals surface area contributed by atoms with Gasteiger partial charge in [0.2, 0.25) is 0 Å². The third-order valence-corrected chi connectivity index (χ3v) is 3.82. The average Bonchev–Trinajstić information content (AvgIpc) is 3.04. The van der Waals surface area contributed by atoms with Gasteiger partial charge in [-0.1, -0.05) is 54.1 Å². The van der Waals surface area contributed by atoms with Crippen LogP contribution in [0, 0.1) is 0 Å². The number of nitrogens with one attached hydrogen (secondary N) is 1. The van der Waals surface area contributed by atoms with E-state index in [1.165, 1.54) is 7.11 Å². The zero-order chi connectivity index (χ0) is 15.5. The van der Waals surface area contributed by atoms with Crippen molar-refractivity contribution in [2.45, 2.75) is 0 Å². The Morgan fingerprint density at radius 3 is 2.32 bits per heavy atom. The lowest BCUT2D eigenvalue weighted by Gasteiger charge is -2.10. The number of ether oxygens (including phenoxy) is 1. The van der Waals surface area contributed by atoms with Gasteiger partial charge < -0.3 is 9.72 Å². The summed E-state index contributed by atoms with van der Waals surface area (Å²) in [4.78, 5) is 14.5. The SMILES string of the molecule is COC(=O)c1cc(-c2ccccc2-c2ccccc2Cl)c[nH]1. The van der Waals surface area contributed by atoms with Gasteiger partial charge in [-0.3, -0.25) is 0 Å². The molecule has 1 N–H and O–H groups in total. The summed E-state index contributed by atoms with van der Waals surface area (Å²) in [5, 5.41) is 0.693. The fraction of sp³-hybridized carbons (Fsp3) is 0.0556. The molecule has 0 amide bonds. The second-order valence-electron chi connectivity index (χ2n) is 4.82. The predicted octanol–water partition coefficient (Wildman–Crippen LogP) is 4.79. The fourth-order valence-corrected chi connectivity index (χ4v) is 2.66. The van der Waals surface area contributed by atoms with Gasteiger partial charge in [-0.15, -0.1) is 0 Å². The minimum atomic E-state index is -0.388. The number of H-pyrrole nitrogens is 1. The summed E-state index contributed by atoms with van der Waals surface area (Å²) in [5.41, 5.74) is 4.31. The van der Waals surface area contributed by atoms with E-state index in [0.29, 0.717) is 10.7 Å².